The molecule has 0 aromatic carbocycles. The van der Waals surface area contributed by atoms with Gasteiger partial charge in [0.1, 0.15) is 6.23 Å². The predicted octanol–water partition coefficient (Wildman–Crippen LogP) is 6.57. The number of unbranched alkanes of at least 4 members (excludes halogenated alkanes) is 14. The molecule has 0 aliphatic rings. The highest BCUT2D eigenvalue weighted by molar-refractivity contribution is 4.55. The van der Waals surface area contributed by atoms with Crippen LogP contribution in [0.25, 0.3) is 0 Å². The van der Waals surface area contributed by atoms with Crippen molar-refractivity contribution in [1.29, 1.82) is 0 Å². The van der Waals surface area contributed by atoms with Crippen LogP contribution in [-0.4, -0.2) is 17.9 Å². The Balaban J connectivity index is 3.07. The Labute approximate surface area is 146 Å². The zero-order valence-electron chi connectivity index (χ0n) is 16.3. The minimum atomic E-state index is -0.278. The summed E-state index contributed by atoms with van der Waals surface area (Å²) in [7, 11) is 0. The predicted molar refractivity (Wildman–Crippen MR) is 104 cm³/mol. The molecule has 2 nitrogen and oxygen atoms in total. The molecule has 0 aromatic rings. The second kappa shape index (κ2) is 20.0. The van der Waals surface area contributed by atoms with Crippen molar-refractivity contribution < 1.29 is 5.11 Å². The number of aliphatic hydroxyl groups is 1. The lowest BCUT2D eigenvalue weighted by molar-refractivity contribution is 0.124. The van der Waals surface area contributed by atoms with E-state index in [9.17, 15) is 5.11 Å². The van der Waals surface area contributed by atoms with Crippen LogP contribution in [-0.2, 0) is 0 Å². The summed E-state index contributed by atoms with van der Waals surface area (Å²) < 4.78 is 0. The van der Waals surface area contributed by atoms with Crippen molar-refractivity contribution in [1.82, 2.24) is 5.32 Å². The van der Waals surface area contributed by atoms with E-state index in [2.05, 4.69) is 19.2 Å². The van der Waals surface area contributed by atoms with E-state index in [1.807, 2.05) is 0 Å². The van der Waals surface area contributed by atoms with Crippen molar-refractivity contribution >= 4 is 0 Å². The van der Waals surface area contributed by atoms with Crippen LogP contribution in [0.2, 0.25) is 0 Å². The smallest absolute Gasteiger partial charge is 0.104 e. The molecule has 0 spiro atoms. The van der Waals surface area contributed by atoms with Crippen molar-refractivity contribution in [2.45, 2.75) is 129 Å². The molecule has 1 unspecified atom stereocenters. The maximum absolute atomic E-state index is 9.81. The highest BCUT2D eigenvalue weighted by atomic mass is 16.3. The number of hydrogen-bond donors (Lipinski definition) is 2. The average Bonchev–Trinajstić information content (AvgIpc) is 2.56. The summed E-state index contributed by atoms with van der Waals surface area (Å²) in [5, 5.41) is 13.0. The SMILES string of the molecule is CCCCCCCCCCCCCCCC(O)NCCCCC. The first-order valence-electron chi connectivity index (χ1n) is 10.7. The molecule has 0 heterocycles. The molecule has 0 radical (unpaired) electrons. The van der Waals surface area contributed by atoms with E-state index in [0.717, 1.165) is 13.0 Å². The molecule has 2 N–H and O–H groups in total. The van der Waals surface area contributed by atoms with E-state index >= 15 is 0 Å². The maximum Gasteiger partial charge on any atom is 0.104 e. The number of rotatable bonds is 19. The fourth-order valence-electron chi connectivity index (χ4n) is 3.10. The topological polar surface area (TPSA) is 32.3 Å². The van der Waals surface area contributed by atoms with Crippen molar-refractivity contribution in [2.24, 2.45) is 0 Å². The van der Waals surface area contributed by atoms with Gasteiger partial charge in [0.2, 0.25) is 0 Å². The van der Waals surface area contributed by atoms with Crippen molar-refractivity contribution in [3.63, 3.8) is 0 Å². The van der Waals surface area contributed by atoms with Gasteiger partial charge in [0, 0.05) is 0 Å². The summed E-state index contributed by atoms with van der Waals surface area (Å²) in [6, 6.07) is 0. The third-order valence-electron chi connectivity index (χ3n) is 4.74. The van der Waals surface area contributed by atoms with Gasteiger partial charge in [-0.1, -0.05) is 104 Å². The normalized spacial score (nSPS) is 12.7. The monoisotopic (exact) mass is 327 g/mol. The van der Waals surface area contributed by atoms with Gasteiger partial charge in [-0.25, -0.2) is 0 Å². The molecule has 140 valence electrons. The van der Waals surface area contributed by atoms with E-state index < -0.39 is 0 Å². The Bertz CT molecular complexity index is 208. The third-order valence-corrected chi connectivity index (χ3v) is 4.74. The molecule has 1 atom stereocenters. The molecular weight excluding hydrogens is 282 g/mol. The van der Waals surface area contributed by atoms with Crippen molar-refractivity contribution in [3.8, 4) is 0 Å². The molecule has 0 saturated heterocycles. The van der Waals surface area contributed by atoms with Crippen molar-refractivity contribution in [3.05, 3.63) is 0 Å². The van der Waals surface area contributed by atoms with E-state index in [0.29, 0.717) is 0 Å². The highest BCUT2D eigenvalue weighted by Gasteiger charge is 2.01. The molecule has 0 aliphatic carbocycles. The molecule has 0 aliphatic heterocycles. The van der Waals surface area contributed by atoms with Gasteiger partial charge in [0.15, 0.2) is 0 Å². The molecular formula is C21H45NO. The highest BCUT2D eigenvalue weighted by Crippen LogP contribution is 2.13. The number of aliphatic hydroxyl groups excluding tert-OH is 1. The van der Waals surface area contributed by atoms with Crippen LogP contribution in [0.3, 0.4) is 0 Å². The summed E-state index contributed by atoms with van der Waals surface area (Å²) in [5.74, 6) is 0. The molecule has 0 saturated carbocycles. The largest absolute Gasteiger partial charge is 0.379 e. The quantitative estimate of drug-likeness (QED) is 0.208. The second-order valence-corrected chi connectivity index (χ2v) is 7.21. The summed E-state index contributed by atoms with van der Waals surface area (Å²) >= 11 is 0. The van der Waals surface area contributed by atoms with E-state index in [1.54, 1.807) is 0 Å². The van der Waals surface area contributed by atoms with Crippen molar-refractivity contribution in [2.75, 3.05) is 6.54 Å². The Morgan fingerprint density at radius 1 is 0.565 bits per heavy atom. The minimum Gasteiger partial charge on any atom is -0.379 e. The standard InChI is InChI=1S/C21H45NO/c1-3-5-7-8-9-10-11-12-13-14-15-16-17-19-21(23)22-20-18-6-4-2/h21-23H,3-20H2,1-2H3. The summed E-state index contributed by atoms with van der Waals surface area (Å²) in [6.07, 6.45) is 22.3. The molecule has 0 rings (SSSR count). The Morgan fingerprint density at radius 3 is 1.43 bits per heavy atom. The van der Waals surface area contributed by atoms with Gasteiger partial charge in [-0.15, -0.1) is 0 Å². The molecule has 0 bridgehead atoms. The van der Waals surface area contributed by atoms with Gasteiger partial charge >= 0.3 is 0 Å². The summed E-state index contributed by atoms with van der Waals surface area (Å²) in [6.45, 7) is 5.46. The summed E-state index contributed by atoms with van der Waals surface area (Å²) in [4.78, 5) is 0. The van der Waals surface area contributed by atoms with E-state index in [-0.39, 0.29) is 6.23 Å². The Kier molecular flexibility index (Phi) is 19.9. The van der Waals surface area contributed by atoms with E-state index in [1.165, 1.54) is 103 Å². The zero-order chi connectivity index (χ0) is 17.0. The lowest BCUT2D eigenvalue weighted by Gasteiger charge is -2.12. The van der Waals surface area contributed by atoms with Gasteiger partial charge in [-0.3, -0.25) is 5.32 Å². The second-order valence-electron chi connectivity index (χ2n) is 7.21. The maximum atomic E-state index is 9.81. The summed E-state index contributed by atoms with van der Waals surface area (Å²) in [5.41, 5.74) is 0. The first-order valence-corrected chi connectivity index (χ1v) is 10.7. The van der Waals surface area contributed by atoms with Crippen LogP contribution in [0.15, 0.2) is 0 Å². The van der Waals surface area contributed by atoms with Gasteiger partial charge in [-0.05, 0) is 25.8 Å². The zero-order valence-corrected chi connectivity index (χ0v) is 16.3. The molecule has 2 heteroatoms. The van der Waals surface area contributed by atoms with Gasteiger partial charge in [-0.2, -0.15) is 0 Å². The first-order chi connectivity index (χ1) is 11.3. The Hall–Kier alpha value is -0.0800. The van der Waals surface area contributed by atoms with Gasteiger partial charge in [0.25, 0.3) is 0 Å². The van der Waals surface area contributed by atoms with Gasteiger partial charge < -0.3 is 5.11 Å². The van der Waals surface area contributed by atoms with Crippen LogP contribution >= 0.6 is 0 Å². The first kappa shape index (κ1) is 22.9. The average molecular weight is 328 g/mol. The molecule has 0 amide bonds. The van der Waals surface area contributed by atoms with Gasteiger partial charge in [0.05, 0.1) is 0 Å². The number of nitrogens with one attached hydrogen (secondary N) is 1. The van der Waals surface area contributed by atoms with Crippen LogP contribution in [0.5, 0.6) is 0 Å². The molecule has 0 aromatic heterocycles. The fraction of sp³-hybridized carbons (Fsp3) is 1.00. The molecule has 23 heavy (non-hydrogen) atoms. The lowest BCUT2D eigenvalue weighted by atomic mass is 10.0. The van der Waals surface area contributed by atoms with Crippen LogP contribution in [0, 0.1) is 0 Å². The number of hydrogen-bond acceptors (Lipinski definition) is 2. The molecule has 0 fully saturated rings. The fourth-order valence-corrected chi connectivity index (χ4v) is 3.10. The third kappa shape index (κ3) is 19.9. The van der Waals surface area contributed by atoms with E-state index in [4.69, 9.17) is 0 Å². The minimum absolute atomic E-state index is 0.278. The Morgan fingerprint density at radius 2 is 0.957 bits per heavy atom. The van der Waals surface area contributed by atoms with Crippen LogP contribution in [0.1, 0.15) is 123 Å². The van der Waals surface area contributed by atoms with Crippen LogP contribution < -0.4 is 5.32 Å². The lowest BCUT2D eigenvalue weighted by Crippen LogP contribution is -2.29. The van der Waals surface area contributed by atoms with Crippen LogP contribution in [0.4, 0.5) is 0 Å².